The fraction of sp³-hybridized carbons (Fsp3) is 0.545. The predicted molar refractivity (Wildman–Crippen MR) is 103 cm³/mol. The zero-order valence-corrected chi connectivity index (χ0v) is 16.9. The highest BCUT2D eigenvalue weighted by Crippen LogP contribution is 2.38. The van der Waals surface area contributed by atoms with Crippen LogP contribution in [0, 0.1) is 0 Å². The maximum atomic E-state index is 14.2. The van der Waals surface area contributed by atoms with Gasteiger partial charge in [-0.1, -0.05) is 19.8 Å². The summed E-state index contributed by atoms with van der Waals surface area (Å²) in [5.74, 6) is -0.605. The van der Waals surface area contributed by atoms with Gasteiger partial charge in [0, 0.05) is 18.4 Å². The molecule has 1 saturated heterocycles. The number of halogens is 1. The molecule has 0 N–H and O–H groups in total. The average Bonchev–Trinajstić information content (AvgIpc) is 3.26. The number of carbonyl (C=O) groups is 2. The molecule has 7 heteroatoms. The summed E-state index contributed by atoms with van der Waals surface area (Å²) in [6, 6.07) is 0. The van der Waals surface area contributed by atoms with Gasteiger partial charge in [0.25, 0.3) is 0 Å². The Kier molecular flexibility index (Phi) is 7.25. The van der Waals surface area contributed by atoms with E-state index in [0.29, 0.717) is 25.0 Å². The summed E-state index contributed by atoms with van der Waals surface area (Å²) in [6.07, 6.45) is 7.95. The summed E-state index contributed by atoms with van der Waals surface area (Å²) in [4.78, 5) is 24.3. The molecule has 1 aliphatic carbocycles. The Balaban J connectivity index is 1.88. The van der Waals surface area contributed by atoms with Gasteiger partial charge in [-0.05, 0) is 37.5 Å². The van der Waals surface area contributed by atoms with Crippen LogP contribution in [0.25, 0.3) is 0 Å². The zero-order valence-electron chi connectivity index (χ0n) is 16.9. The zero-order chi connectivity index (χ0) is 20.8. The molecule has 0 saturated carbocycles. The number of carbonyl (C=O) groups excluding carboxylic acids is 2. The van der Waals surface area contributed by atoms with E-state index >= 15 is 0 Å². The van der Waals surface area contributed by atoms with Crippen molar-refractivity contribution >= 4 is 11.9 Å². The minimum absolute atomic E-state index is 0.124. The largest absolute Gasteiger partial charge is 0.465 e. The quantitative estimate of drug-likeness (QED) is 0.423. The maximum Gasteiger partial charge on any atom is 0.348 e. The number of fused-ring (bicyclic) bond motifs is 1. The number of alkyl halides is 1. The number of esters is 2. The van der Waals surface area contributed by atoms with Gasteiger partial charge in [0.1, 0.15) is 23.3 Å². The summed E-state index contributed by atoms with van der Waals surface area (Å²) in [5.41, 5.74) is 0.913. The summed E-state index contributed by atoms with van der Waals surface area (Å²) in [6.45, 7) is 2.59. The molecule has 2 atom stereocenters. The predicted octanol–water partition coefficient (Wildman–Crippen LogP) is 4.18. The molecular formula is C22H27FO6. The lowest BCUT2D eigenvalue weighted by atomic mass is 10.0. The Morgan fingerprint density at radius 2 is 2.21 bits per heavy atom. The monoisotopic (exact) mass is 406 g/mol. The fourth-order valence-corrected chi connectivity index (χ4v) is 3.43. The third-order valence-corrected chi connectivity index (χ3v) is 5.02. The van der Waals surface area contributed by atoms with Gasteiger partial charge in [0.05, 0.1) is 19.3 Å². The van der Waals surface area contributed by atoms with Gasteiger partial charge in [0.15, 0.2) is 6.29 Å². The van der Waals surface area contributed by atoms with Crippen molar-refractivity contribution in [2.24, 2.45) is 0 Å². The van der Waals surface area contributed by atoms with Gasteiger partial charge in [-0.25, -0.2) is 14.0 Å². The molecule has 158 valence electrons. The van der Waals surface area contributed by atoms with Gasteiger partial charge in [0.2, 0.25) is 0 Å². The Bertz CT molecular complexity index is 770. The van der Waals surface area contributed by atoms with E-state index in [4.69, 9.17) is 18.9 Å². The van der Waals surface area contributed by atoms with Crippen LogP contribution in [0.5, 0.6) is 0 Å². The van der Waals surface area contributed by atoms with Crippen LogP contribution in [0.4, 0.5) is 4.39 Å². The molecule has 2 heterocycles. The number of allylic oxidation sites excluding steroid dienone is 2. The highest BCUT2D eigenvalue weighted by Gasteiger charge is 2.37. The molecule has 1 fully saturated rings. The Labute approximate surface area is 170 Å². The molecular weight excluding hydrogens is 379 g/mol. The first-order valence-electron chi connectivity index (χ1n) is 10.1. The third kappa shape index (κ3) is 5.15. The highest BCUT2D eigenvalue weighted by atomic mass is 19.1. The summed E-state index contributed by atoms with van der Waals surface area (Å²) >= 11 is 0. The van der Waals surface area contributed by atoms with Crippen LogP contribution in [0.15, 0.2) is 46.5 Å². The first kappa shape index (κ1) is 21.3. The maximum absolute atomic E-state index is 14.2. The fourth-order valence-electron chi connectivity index (χ4n) is 3.43. The van der Waals surface area contributed by atoms with Crippen molar-refractivity contribution < 1.29 is 32.9 Å². The van der Waals surface area contributed by atoms with Crippen LogP contribution >= 0.6 is 0 Å². The topological polar surface area (TPSA) is 71.1 Å². The number of hydrogen-bond acceptors (Lipinski definition) is 6. The number of ether oxygens (including phenoxy) is 4. The van der Waals surface area contributed by atoms with E-state index in [-0.39, 0.29) is 29.1 Å². The van der Waals surface area contributed by atoms with Crippen molar-refractivity contribution in [2.45, 2.75) is 64.3 Å². The Hall–Kier alpha value is -2.41. The molecule has 0 aromatic rings. The van der Waals surface area contributed by atoms with Crippen molar-refractivity contribution in [3.63, 3.8) is 0 Å². The van der Waals surface area contributed by atoms with E-state index in [1.54, 1.807) is 6.08 Å². The lowest BCUT2D eigenvalue weighted by molar-refractivity contribution is -0.142. The summed E-state index contributed by atoms with van der Waals surface area (Å²) in [5, 5.41) is 0. The molecule has 3 rings (SSSR count). The second-order valence-corrected chi connectivity index (χ2v) is 7.24. The van der Waals surface area contributed by atoms with E-state index < -0.39 is 24.4 Å². The molecule has 0 aromatic heterocycles. The SMILES string of the molecule is CCCCC(F)C/C=C(/OC1CCCCO1)C1=C2C=C(C(=O)OC)C=C2OC1=O. The van der Waals surface area contributed by atoms with Gasteiger partial charge in [-0.2, -0.15) is 0 Å². The number of hydrogen-bond donors (Lipinski definition) is 0. The highest BCUT2D eigenvalue weighted by molar-refractivity contribution is 6.03. The lowest BCUT2D eigenvalue weighted by Gasteiger charge is -2.25. The van der Waals surface area contributed by atoms with Crippen LogP contribution in [-0.4, -0.2) is 38.1 Å². The standard InChI is InChI=1S/C22H27FO6/c1-3-4-7-15(23)9-10-17(28-19-8-5-6-11-27-19)20-16-12-14(21(24)26-2)13-18(16)29-22(20)25/h10,12-13,15,19H,3-9,11H2,1-2H3/b17-10+. The normalized spacial score (nSPS) is 22.7. The number of rotatable bonds is 9. The van der Waals surface area contributed by atoms with E-state index in [1.807, 2.05) is 6.92 Å². The lowest BCUT2D eigenvalue weighted by Crippen LogP contribution is -2.23. The van der Waals surface area contributed by atoms with Gasteiger partial charge in [-0.15, -0.1) is 0 Å². The van der Waals surface area contributed by atoms with Crippen LogP contribution in [0.1, 0.15) is 51.9 Å². The Morgan fingerprint density at radius 3 is 2.90 bits per heavy atom. The second-order valence-electron chi connectivity index (χ2n) is 7.24. The van der Waals surface area contributed by atoms with Gasteiger partial charge < -0.3 is 18.9 Å². The first-order chi connectivity index (χ1) is 14.0. The van der Waals surface area contributed by atoms with Crippen LogP contribution in [0.3, 0.4) is 0 Å². The molecule has 0 amide bonds. The van der Waals surface area contributed by atoms with Gasteiger partial charge in [-0.3, -0.25) is 0 Å². The summed E-state index contributed by atoms with van der Waals surface area (Å²) in [7, 11) is 1.28. The smallest absolute Gasteiger partial charge is 0.348 e. The van der Waals surface area contributed by atoms with Crippen molar-refractivity contribution in [3.05, 3.63) is 46.5 Å². The van der Waals surface area contributed by atoms with E-state index in [2.05, 4.69) is 0 Å². The molecule has 2 unspecified atom stereocenters. The Morgan fingerprint density at radius 1 is 1.38 bits per heavy atom. The van der Waals surface area contributed by atoms with Crippen molar-refractivity contribution in [1.29, 1.82) is 0 Å². The van der Waals surface area contributed by atoms with Crippen molar-refractivity contribution in [3.8, 4) is 0 Å². The molecule has 0 spiro atoms. The first-order valence-corrected chi connectivity index (χ1v) is 10.1. The van der Waals surface area contributed by atoms with Crippen LogP contribution in [-0.2, 0) is 28.5 Å². The molecule has 3 aliphatic rings. The molecule has 0 radical (unpaired) electrons. The molecule has 6 nitrogen and oxygen atoms in total. The third-order valence-electron chi connectivity index (χ3n) is 5.02. The molecule has 0 bridgehead atoms. The summed E-state index contributed by atoms with van der Waals surface area (Å²) < 4.78 is 35.9. The van der Waals surface area contributed by atoms with E-state index in [9.17, 15) is 14.0 Å². The number of methoxy groups -OCH3 is 1. The van der Waals surface area contributed by atoms with Crippen molar-refractivity contribution in [2.75, 3.05) is 13.7 Å². The molecule has 2 aliphatic heterocycles. The average molecular weight is 406 g/mol. The second kappa shape index (κ2) is 9.87. The molecule has 0 aromatic carbocycles. The van der Waals surface area contributed by atoms with E-state index in [0.717, 1.165) is 25.7 Å². The van der Waals surface area contributed by atoms with Crippen LogP contribution in [0.2, 0.25) is 0 Å². The van der Waals surface area contributed by atoms with Crippen molar-refractivity contribution in [1.82, 2.24) is 0 Å². The van der Waals surface area contributed by atoms with Gasteiger partial charge >= 0.3 is 11.9 Å². The number of unbranched alkanes of at least 4 members (excludes halogenated alkanes) is 1. The molecule has 29 heavy (non-hydrogen) atoms. The van der Waals surface area contributed by atoms with E-state index in [1.165, 1.54) is 19.3 Å². The van der Waals surface area contributed by atoms with Crippen LogP contribution < -0.4 is 0 Å². The minimum Gasteiger partial charge on any atom is -0.465 e. The minimum atomic E-state index is -1.02.